The van der Waals surface area contributed by atoms with Gasteiger partial charge in [0.15, 0.2) is 17.5 Å². The summed E-state index contributed by atoms with van der Waals surface area (Å²) in [5, 5.41) is 0. The Labute approximate surface area is 183 Å². The van der Waals surface area contributed by atoms with E-state index in [1.54, 1.807) is 19.5 Å². The van der Waals surface area contributed by atoms with Crippen LogP contribution in [-0.2, 0) is 11.3 Å². The molecule has 4 rings (SSSR count). The Hall–Kier alpha value is -3.55. The molecule has 2 heterocycles. The maximum absolute atomic E-state index is 13.5. The van der Waals surface area contributed by atoms with Crippen LogP contribution in [0, 0.1) is 24.4 Å². The van der Waals surface area contributed by atoms with Gasteiger partial charge in [-0.3, -0.25) is 4.79 Å². The van der Waals surface area contributed by atoms with Crippen LogP contribution in [0.15, 0.2) is 48.4 Å². The van der Waals surface area contributed by atoms with Crippen molar-refractivity contribution in [1.29, 1.82) is 0 Å². The fourth-order valence-corrected chi connectivity index (χ4v) is 3.83. The summed E-state index contributed by atoms with van der Waals surface area (Å²) >= 11 is 0. The molecule has 3 aromatic rings. The maximum atomic E-state index is 13.5. The first kappa shape index (κ1) is 21.7. The Morgan fingerprint density at radius 2 is 1.91 bits per heavy atom. The molecule has 2 aromatic carbocycles. The number of imidazole rings is 1. The number of halogens is 3. The van der Waals surface area contributed by atoms with Crippen LogP contribution in [0.5, 0.6) is 5.75 Å². The van der Waals surface area contributed by atoms with Gasteiger partial charge in [0.25, 0.3) is 0 Å². The molecule has 1 aliphatic rings. The monoisotopic (exact) mass is 441 g/mol. The number of amides is 1. The van der Waals surface area contributed by atoms with Crippen LogP contribution in [0.4, 0.5) is 13.2 Å². The molecule has 32 heavy (non-hydrogen) atoms. The molecule has 0 saturated carbocycles. The van der Waals surface area contributed by atoms with Crippen molar-refractivity contribution in [3.63, 3.8) is 0 Å². The van der Waals surface area contributed by atoms with Gasteiger partial charge < -0.3 is 14.2 Å². The second-order valence-corrected chi connectivity index (χ2v) is 7.73. The summed E-state index contributed by atoms with van der Waals surface area (Å²) < 4.78 is 47.7. The summed E-state index contributed by atoms with van der Waals surface area (Å²) in [5.41, 5.74) is 3.30. The molecule has 8 heteroatoms. The van der Waals surface area contributed by atoms with E-state index in [4.69, 9.17) is 4.74 Å². The normalized spacial score (nSPS) is 15.5. The first-order valence-electron chi connectivity index (χ1n) is 10.2. The van der Waals surface area contributed by atoms with E-state index >= 15 is 0 Å². The Morgan fingerprint density at radius 1 is 1.16 bits per heavy atom. The van der Waals surface area contributed by atoms with E-state index in [2.05, 4.69) is 4.98 Å². The number of carbonyl (C=O) groups excluding carboxylic acids is 1. The second kappa shape index (κ2) is 8.90. The number of hydrogen-bond acceptors (Lipinski definition) is 3. The van der Waals surface area contributed by atoms with Crippen LogP contribution >= 0.6 is 0 Å². The van der Waals surface area contributed by atoms with Gasteiger partial charge in [0.2, 0.25) is 5.91 Å². The summed E-state index contributed by atoms with van der Waals surface area (Å²) in [5.74, 6) is -3.62. The van der Waals surface area contributed by atoms with Crippen LogP contribution in [0.3, 0.4) is 0 Å². The minimum atomic E-state index is -1.51. The number of rotatable bonds is 5. The number of ether oxygens (including phenoxy) is 1. The van der Waals surface area contributed by atoms with Crippen LogP contribution < -0.4 is 4.74 Å². The lowest BCUT2D eigenvalue weighted by atomic mass is 10.00. The third-order valence-corrected chi connectivity index (χ3v) is 5.39. The first-order chi connectivity index (χ1) is 15.4. The number of hydrogen-bond donors (Lipinski definition) is 0. The lowest BCUT2D eigenvalue weighted by Gasteiger charge is -2.28. The quantitative estimate of drug-likeness (QED) is 0.422. The van der Waals surface area contributed by atoms with Crippen LogP contribution in [-0.4, -0.2) is 34.0 Å². The van der Waals surface area contributed by atoms with Gasteiger partial charge >= 0.3 is 0 Å². The van der Waals surface area contributed by atoms with Gasteiger partial charge in [0, 0.05) is 24.9 Å². The highest BCUT2D eigenvalue weighted by molar-refractivity contribution is 5.98. The lowest BCUT2D eigenvalue weighted by Crippen LogP contribution is -2.36. The van der Waals surface area contributed by atoms with Crippen molar-refractivity contribution < 1.29 is 22.7 Å². The molecule has 0 N–H and O–H groups in total. The average molecular weight is 441 g/mol. The number of aryl methyl sites for hydroxylation is 1. The number of benzene rings is 2. The molecule has 0 unspecified atom stereocenters. The molecule has 0 bridgehead atoms. The van der Waals surface area contributed by atoms with Crippen molar-refractivity contribution in [1.82, 2.24) is 14.5 Å². The standard InChI is InChI=1S/C24H22F3N3O2/c1-15-12-30(14-28-15)21-6-5-16(11-22(21)32-2)8-18-4-3-7-29(24(18)31)13-17-9-19(25)23(27)20(26)10-17/h5-6,8-12,14H,3-4,7,13H2,1-2H3. The Balaban J connectivity index is 1.57. The minimum Gasteiger partial charge on any atom is -0.495 e. The molecule has 0 spiro atoms. The summed E-state index contributed by atoms with van der Waals surface area (Å²) in [6.45, 7) is 2.36. The van der Waals surface area contributed by atoms with Crippen LogP contribution in [0.1, 0.15) is 29.7 Å². The molecule has 1 saturated heterocycles. The first-order valence-corrected chi connectivity index (χ1v) is 10.2. The molecule has 1 aliphatic heterocycles. The SMILES string of the molecule is COc1cc(C=C2CCCN(Cc3cc(F)c(F)c(F)c3)C2=O)ccc1-n1cnc(C)c1. The van der Waals surface area contributed by atoms with Gasteiger partial charge in [-0.25, -0.2) is 18.2 Å². The molecule has 0 atom stereocenters. The number of aromatic nitrogens is 2. The molecular weight excluding hydrogens is 419 g/mol. The number of likely N-dealkylation sites (tertiary alicyclic amines) is 1. The van der Waals surface area contributed by atoms with E-state index in [9.17, 15) is 18.0 Å². The van der Waals surface area contributed by atoms with Crippen molar-refractivity contribution >= 4 is 12.0 Å². The second-order valence-electron chi connectivity index (χ2n) is 7.73. The molecule has 0 aliphatic carbocycles. The highest BCUT2D eigenvalue weighted by Gasteiger charge is 2.24. The molecule has 1 fully saturated rings. The molecule has 0 radical (unpaired) electrons. The zero-order chi connectivity index (χ0) is 22.8. The molecular formula is C24H22F3N3O2. The van der Waals surface area contributed by atoms with Crippen molar-refractivity contribution in [3.8, 4) is 11.4 Å². The van der Waals surface area contributed by atoms with Gasteiger partial charge in [-0.2, -0.15) is 0 Å². The van der Waals surface area contributed by atoms with Gasteiger partial charge in [0.1, 0.15) is 5.75 Å². The molecule has 166 valence electrons. The smallest absolute Gasteiger partial charge is 0.250 e. The largest absolute Gasteiger partial charge is 0.495 e. The summed E-state index contributed by atoms with van der Waals surface area (Å²) in [6.07, 6.45) is 6.69. The number of carbonyl (C=O) groups is 1. The predicted octanol–water partition coefficient (Wildman–Crippen LogP) is 4.81. The van der Waals surface area contributed by atoms with Crippen molar-refractivity contribution in [2.45, 2.75) is 26.3 Å². The zero-order valence-electron chi connectivity index (χ0n) is 17.7. The number of methoxy groups -OCH3 is 1. The Bertz CT molecular complexity index is 1180. The lowest BCUT2D eigenvalue weighted by molar-refractivity contribution is -0.129. The van der Waals surface area contributed by atoms with E-state index in [1.165, 1.54) is 4.90 Å². The van der Waals surface area contributed by atoms with Crippen molar-refractivity contribution in [2.24, 2.45) is 0 Å². The number of nitrogens with zero attached hydrogens (tertiary/aromatic N) is 3. The maximum Gasteiger partial charge on any atom is 0.250 e. The Morgan fingerprint density at radius 3 is 2.56 bits per heavy atom. The van der Waals surface area contributed by atoms with Gasteiger partial charge in [-0.1, -0.05) is 6.07 Å². The predicted molar refractivity (Wildman–Crippen MR) is 114 cm³/mol. The van der Waals surface area contributed by atoms with Gasteiger partial charge in [0.05, 0.1) is 24.8 Å². The van der Waals surface area contributed by atoms with E-state index in [1.807, 2.05) is 35.9 Å². The molecule has 5 nitrogen and oxygen atoms in total. The fourth-order valence-electron chi connectivity index (χ4n) is 3.83. The van der Waals surface area contributed by atoms with E-state index in [0.717, 1.165) is 29.1 Å². The summed E-state index contributed by atoms with van der Waals surface area (Å²) in [6, 6.07) is 7.46. The van der Waals surface area contributed by atoms with Crippen LogP contribution in [0.2, 0.25) is 0 Å². The van der Waals surface area contributed by atoms with E-state index < -0.39 is 17.5 Å². The van der Waals surface area contributed by atoms with Crippen LogP contribution in [0.25, 0.3) is 11.8 Å². The third-order valence-electron chi connectivity index (χ3n) is 5.39. The summed E-state index contributed by atoms with van der Waals surface area (Å²) in [4.78, 5) is 18.7. The third kappa shape index (κ3) is 4.39. The Kier molecular flexibility index (Phi) is 6.03. The molecule has 1 aromatic heterocycles. The van der Waals surface area contributed by atoms with Gasteiger partial charge in [-0.05, 0) is 61.2 Å². The highest BCUT2D eigenvalue weighted by Crippen LogP contribution is 2.28. The highest BCUT2D eigenvalue weighted by atomic mass is 19.2. The van der Waals surface area contributed by atoms with E-state index in [0.29, 0.717) is 30.7 Å². The van der Waals surface area contributed by atoms with Crippen molar-refractivity contribution in [2.75, 3.05) is 13.7 Å². The summed E-state index contributed by atoms with van der Waals surface area (Å²) in [7, 11) is 1.58. The van der Waals surface area contributed by atoms with Gasteiger partial charge in [-0.15, -0.1) is 0 Å². The number of piperidine rings is 1. The average Bonchev–Trinajstić information content (AvgIpc) is 3.20. The minimum absolute atomic E-state index is 0.00648. The fraction of sp³-hybridized carbons (Fsp3) is 0.250. The zero-order valence-corrected chi connectivity index (χ0v) is 17.7. The molecule has 1 amide bonds. The topological polar surface area (TPSA) is 47.4 Å². The van der Waals surface area contributed by atoms with E-state index in [-0.39, 0.29) is 18.0 Å². The van der Waals surface area contributed by atoms with Crippen molar-refractivity contribution in [3.05, 3.63) is 82.7 Å².